The molecule has 3 rings (SSSR count). The fraction of sp³-hybridized carbons (Fsp3) is 0.409. The second-order valence-corrected chi connectivity index (χ2v) is 7.24. The third-order valence-corrected chi connectivity index (χ3v) is 5.23. The van der Waals surface area contributed by atoms with Gasteiger partial charge in [0, 0.05) is 19.1 Å². The summed E-state index contributed by atoms with van der Waals surface area (Å²) in [6.07, 6.45) is 2.63. The van der Waals surface area contributed by atoms with Crippen molar-refractivity contribution in [2.45, 2.75) is 38.9 Å². The van der Waals surface area contributed by atoms with E-state index in [4.69, 9.17) is 5.73 Å². The van der Waals surface area contributed by atoms with Gasteiger partial charge in [-0.3, -0.25) is 9.69 Å². The number of nitrogens with two attached hydrogens (primary N) is 1. The van der Waals surface area contributed by atoms with Crippen molar-refractivity contribution in [3.05, 3.63) is 71.3 Å². The molecule has 0 aromatic heterocycles. The Balaban J connectivity index is 1.49. The highest BCUT2D eigenvalue weighted by Gasteiger charge is 2.21. The first-order valence-corrected chi connectivity index (χ1v) is 9.52. The summed E-state index contributed by atoms with van der Waals surface area (Å²) in [5, 5.41) is 3.01. The molecule has 2 atom stereocenters. The lowest BCUT2D eigenvalue weighted by Gasteiger charge is -2.20. The average Bonchev–Trinajstić information content (AvgIpc) is 3.19. The summed E-state index contributed by atoms with van der Waals surface area (Å²) in [5.41, 5.74) is 9.68. The van der Waals surface area contributed by atoms with E-state index in [0.717, 1.165) is 17.7 Å². The van der Waals surface area contributed by atoms with Gasteiger partial charge in [0.15, 0.2) is 0 Å². The summed E-state index contributed by atoms with van der Waals surface area (Å²) in [5.74, 6) is -0.283. The molecule has 26 heavy (non-hydrogen) atoms. The fourth-order valence-electron chi connectivity index (χ4n) is 3.44. The van der Waals surface area contributed by atoms with Gasteiger partial charge in [0.1, 0.15) is 0 Å². The van der Waals surface area contributed by atoms with E-state index in [9.17, 15) is 4.79 Å². The largest absolute Gasteiger partial charge is 0.352 e. The van der Waals surface area contributed by atoms with Crippen LogP contribution in [0.5, 0.6) is 0 Å². The van der Waals surface area contributed by atoms with Gasteiger partial charge in [-0.1, -0.05) is 61.5 Å². The number of benzene rings is 2. The van der Waals surface area contributed by atoms with Gasteiger partial charge in [-0.25, -0.2) is 0 Å². The molecule has 1 heterocycles. The first-order valence-electron chi connectivity index (χ1n) is 9.52. The van der Waals surface area contributed by atoms with E-state index in [1.54, 1.807) is 0 Å². The van der Waals surface area contributed by atoms with Crippen molar-refractivity contribution in [3.8, 4) is 0 Å². The third-order valence-electron chi connectivity index (χ3n) is 5.23. The lowest BCUT2D eigenvalue weighted by Crippen LogP contribution is -2.35. The molecule has 138 valence electrons. The Morgan fingerprint density at radius 2 is 1.65 bits per heavy atom. The second-order valence-electron chi connectivity index (χ2n) is 7.24. The number of hydrogen-bond donors (Lipinski definition) is 2. The van der Waals surface area contributed by atoms with Crippen LogP contribution in [0.15, 0.2) is 54.6 Å². The molecule has 1 saturated heterocycles. The first-order chi connectivity index (χ1) is 12.6. The minimum atomic E-state index is -0.293. The fourth-order valence-corrected chi connectivity index (χ4v) is 3.44. The second kappa shape index (κ2) is 8.97. The zero-order valence-corrected chi connectivity index (χ0v) is 15.5. The standard InChI is InChI=1S/C22H29N3O/c1-17(21(23)20-7-3-2-4-8-20)22(26)24-15-18-9-11-19(12-10-18)16-25-13-5-6-14-25/h2-4,7-12,17,21H,5-6,13-16,23H2,1H3,(H,24,26). The van der Waals surface area contributed by atoms with Crippen molar-refractivity contribution >= 4 is 5.91 Å². The normalized spacial score (nSPS) is 17.0. The van der Waals surface area contributed by atoms with Gasteiger partial charge < -0.3 is 11.1 Å². The average molecular weight is 351 g/mol. The van der Waals surface area contributed by atoms with E-state index >= 15 is 0 Å². The van der Waals surface area contributed by atoms with E-state index < -0.39 is 0 Å². The zero-order valence-electron chi connectivity index (χ0n) is 15.5. The number of likely N-dealkylation sites (tertiary alicyclic amines) is 1. The Morgan fingerprint density at radius 3 is 2.31 bits per heavy atom. The Bertz CT molecular complexity index is 693. The third kappa shape index (κ3) is 4.93. The van der Waals surface area contributed by atoms with Gasteiger partial charge in [-0.05, 0) is 42.6 Å². The van der Waals surface area contributed by atoms with Crippen molar-refractivity contribution < 1.29 is 4.79 Å². The molecule has 4 nitrogen and oxygen atoms in total. The van der Waals surface area contributed by atoms with Crippen molar-refractivity contribution in [2.24, 2.45) is 11.7 Å². The number of amides is 1. The molecule has 1 amide bonds. The molecule has 1 aliphatic rings. The number of nitrogens with one attached hydrogen (secondary N) is 1. The maximum atomic E-state index is 12.4. The molecular formula is C22H29N3O. The van der Waals surface area contributed by atoms with Crippen LogP contribution in [-0.4, -0.2) is 23.9 Å². The summed E-state index contributed by atoms with van der Waals surface area (Å²) in [7, 11) is 0. The molecule has 2 unspecified atom stereocenters. The smallest absolute Gasteiger partial charge is 0.225 e. The predicted octanol–water partition coefficient (Wildman–Crippen LogP) is 3.23. The maximum Gasteiger partial charge on any atom is 0.225 e. The zero-order chi connectivity index (χ0) is 18.4. The van der Waals surface area contributed by atoms with Crippen LogP contribution < -0.4 is 11.1 Å². The van der Waals surface area contributed by atoms with E-state index in [2.05, 4.69) is 34.5 Å². The van der Waals surface area contributed by atoms with E-state index in [1.807, 2.05) is 37.3 Å². The topological polar surface area (TPSA) is 58.4 Å². The Kier molecular flexibility index (Phi) is 6.42. The minimum absolute atomic E-state index is 0.0116. The molecule has 0 radical (unpaired) electrons. The van der Waals surface area contributed by atoms with Crippen molar-refractivity contribution in [1.82, 2.24) is 10.2 Å². The summed E-state index contributed by atoms with van der Waals surface area (Å²) >= 11 is 0. The molecule has 2 aromatic rings. The van der Waals surface area contributed by atoms with Crippen molar-refractivity contribution in [3.63, 3.8) is 0 Å². The van der Waals surface area contributed by atoms with Crippen LogP contribution in [0.1, 0.15) is 42.5 Å². The van der Waals surface area contributed by atoms with Crippen LogP contribution in [0.3, 0.4) is 0 Å². The predicted molar refractivity (Wildman–Crippen MR) is 105 cm³/mol. The number of carbonyl (C=O) groups excluding carboxylic acids is 1. The van der Waals surface area contributed by atoms with E-state index in [0.29, 0.717) is 6.54 Å². The van der Waals surface area contributed by atoms with Gasteiger partial charge in [0.2, 0.25) is 5.91 Å². The van der Waals surface area contributed by atoms with Crippen LogP contribution in [-0.2, 0) is 17.9 Å². The van der Waals surface area contributed by atoms with Crippen LogP contribution in [0.25, 0.3) is 0 Å². The Labute approximate surface area is 156 Å². The first kappa shape index (κ1) is 18.6. The number of rotatable bonds is 7. The van der Waals surface area contributed by atoms with Crippen LogP contribution in [0.4, 0.5) is 0 Å². The van der Waals surface area contributed by atoms with Crippen LogP contribution >= 0.6 is 0 Å². The molecule has 1 fully saturated rings. The Morgan fingerprint density at radius 1 is 1.04 bits per heavy atom. The molecule has 3 N–H and O–H groups in total. The highest BCUT2D eigenvalue weighted by atomic mass is 16.1. The minimum Gasteiger partial charge on any atom is -0.352 e. The molecule has 0 bridgehead atoms. The maximum absolute atomic E-state index is 12.4. The van der Waals surface area contributed by atoms with Gasteiger partial charge in [-0.2, -0.15) is 0 Å². The summed E-state index contributed by atoms with van der Waals surface area (Å²) < 4.78 is 0. The molecular weight excluding hydrogens is 322 g/mol. The SMILES string of the molecule is CC(C(=O)NCc1ccc(CN2CCCC2)cc1)C(N)c1ccccc1. The highest BCUT2D eigenvalue weighted by Crippen LogP contribution is 2.19. The van der Waals surface area contributed by atoms with Crippen LogP contribution in [0, 0.1) is 5.92 Å². The number of carbonyl (C=O) groups is 1. The van der Waals surface area contributed by atoms with Gasteiger partial charge >= 0.3 is 0 Å². The van der Waals surface area contributed by atoms with Crippen molar-refractivity contribution in [1.29, 1.82) is 0 Å². The lowest BCUT2D eigenvalue weighted by molar-refractivity contribution is -0.125. The van der Waals surface area contributed by atoms with Gasteiger partial charge in [-0.15, -0.1) is 0 Å². The van der Waals surface area contributed by atoms with E-state index in [1.165, 1.54) is 31.5 Å². The molecule has 0 spiro atoms. The lowest BCUT2D eigenvalue weighted by atomic mass is 9.94. The summed E-state index contributed by atoms with van der Waals surface area (Å²) in [6.45, 7) is 5.85. The van der Waals surface area contributed by atoms with E-state index in [-0.39, 0.29) is 17.9 Å². The molecule has 0 saturated carbocycles. The quantitative estimate of drug-likeness (QED) is 0.805. The highest BCUT2D eigenvalue weighted by molar-refractivity contribution is 5.79. The molecule has 2 aromatic carbocycles. The number of nitrogens with zero attached hydrogens (tertiary/aromatic N) is 1. The summed E-state index contributed by atoms with van der Waals surface area (Å²) in [6, 6.07) is 18.0. The molecule has 0 aliphatic carbocycles. The molecule has 1 aliphatic heterocycles. The number of hydrogen-bond acceptors (Lipinski definition) is 3. The monoisotopic (exact) mass is 351 g/mol. The van der Waals surface area contributed by atoms with Crippen molar-refractivity contribution in [2.75, 3.05) is 13.1 Å². The Hall–Kier alpha value is -2.17. The van der Waals surface area contributed by atoms with Gasteiger partial charge in [0.05, 0.1) is 5.92 Å². The van der Waals surface area contributed by atoms with Crippen LogP contribution in [0.2, 0.25) is 0 Å². The summed E-state index contributed by atoms with van der Waals surface area (Å²) in [4.78, 5) is 14.9. The molecule has 4 heteroatoms. The van der Waals surface area contributed by atoms with Gasteiger partial charge in [0.25, 0.3) is 0 Å².